The molecular weight excluding hydrogens is 464 g/mol. The van der Waals surface area contributed by atoms with Crippen LogP contribution in [0.4, 0.5) is 5.69 Å². The van der Waals surface area contributed by atoms with E-state index in [1.54, 1.807) is 35.3 Å². The number of nitrogens with two attached hydrogens (primary N) is 1. The Balaban J connectivity index is 1.42. The summed E-state index contributed by atoms with van der Waals surface area (Å²) >= 11 is 2.77. The second-order valence-corrected chi connectivity index (χ2v) is 10.0. The van der Waals surface area contributed by atoms with Crippen molar-refractivity contribution in [3.05, 3.63) is 47.4 Å². The lowest BCUT2D eigenvalue weighted by Gasteiger charge is -2.49. The highest BCUT2D eigenvalue weighted by molar-refractivity contribution is 8.01. The summed E-state index contributed by atoms with van der Waals surface area (Å²) in [4.78, 5) is 42.8. The number of anilines is 1. The Bertz CT molecular complexity index is 1130. The number of amides is 2. The van der Waals surface area contributed by atoms with Crippen molar-refractivity contribution in [1.82, 2.24) is 25.0 Å². The van der Waals surface area contributed by atoms with Crippen molar-refractivity contribution in [2.24, 2.45) is 0 Å². The van der Waals surface area contributed by atoms with Gasteiger partial charge in [0.1, 0.15) is 23.4 Å². The number of nitrogen functional groups attached to an aromatic ring is 1. The zero-order chi connectivity index (χ0) is 23.7. The first-order valence-corrected chi connectivity index (χ1v) is 12.4. The molecule has 4 rings (SSSR count). The number of carbonyl (C=O) groups is 3. The van der Waals surface area contributed by atoms with Gasteiger partial charge in [-0.2, -0.15) is 0 Å². The van der Waals surface area contributed by atoms with E-state index in [1.165, 1.54) is 28.4 Å². The van der Waals surface area contributed by atoms with E-state index in [1.807, 2.05) is 13.8 Å². The van der Waals surface area contributed by atoms with Gasteiger partial charge in [0.25, 0.3) is 5.91 Å². The Hall–Kier alpha value is -2.99. The molecule has 2 amide bonds. The van der Waals surface area contributed by atoms with E-state index in [-0.39, 0.29) is 24.1 Å². The number of carboxylic acid groups (broad SMARTS) is 1. The zero-order valence-corrected chi connectivity index (χ0v) is 19.7. The van der Waals surface area contributed by atoms with Crippen LogP contribution in [-0.2, 0) is 20.8 Å². The molecule has 2 aromatic rings. The normalized spacial score (nSPS) is 20.0. The minimum absolute atomic E-state index is 0.0163. The molecule has 12 heteroatoms. The number of aliphatic carboxylic acids is 1. The summed E-state index contributed by atoms with van der Waals surface area (Å²) in [6.45, 7) is 3.98. The fourth-order valence-electron chi connectivity index (χ4n) is 3.61. The zero-order valence-electron chi connectivity index (χ0n) is 18.1. The number of carboxylic acids is 1. The van der Waals surface area contributed by atoms with E-state index in [9.17, 15) is 19.5 Å². The molecule has 0 saturated carbocycles. The van der Waals surface area contributed by atoms with E-state index in [2.05, 4.69) is 15.4 Å². The Kier molecular flexibility index (Phi) is 6.66. The molecule has 4 N–H and O–H groups in total. The highest BCUT2D eigenvalue weighted by atomic mass is 32.2. The maximum atomic E-state index is 12.8. The highest BCUT2D eigenvalue weighted by Crippen LogP contribution is 2.41. The third kappa shape index (κ3) is 4.71. The van der Waals surface area contributed by atoms with Crippen LogP contribution in [0, 0.1) is 0 Å². The Morgan fingerprint density at radius 3 is 2.79 bits per heavy atom. The Morgan fingerprint density at radius 1 is 1.36 bits per heavy atom. The van der Waals surface area contributed by atoms with Crippen molar-refractivity contribution in [2.45, 2.75) is 42.9 Å². The van der Waals surface area contributed by atoms with E-state index in [0.29, 0.717) is 33.5 Å². The number of β-lactam (4-membered cyclic amide) rings is 1. The van der Waals surface area contributed by atoms with Gasteiger partial charge < -0.3 is 16.2 Å². The molecule has 0 bridgehead atoms. The van der Waals surface area contributed by atoms with E-state index < -0.39 is 23.3 Å². The van der Waals surface area contributed by atoms with E-state index in [0.717, 1.165) is 0 Å². The summed E-state index contributed by atoms with van der Waals surface area (Å²) in [6.07, 6.45) is 1.69. The maximum absolute atomic E-state index is 12.8. The molecule has 3 heterocycles. The molecule has 174 valence electrons. The summed E-state index contributed by atoms with van der Waals surface area (Å²) in [5, 5.41) is 17.0. The second kappa shape index (κ2) is 9.48. The first kappa shape index (κ1) is 23.2. The number of nitrogens with one attached hydrogen (secondary N) is 1. The molecular formula is C21H24N6O4S2. The third-order valence-corrected chi connectivity index (χ3v) is 7.64. The van der Waals surface area contributed by atoms with Crippen LogP contribution in [0.2, 0.25) is 0 Å². The van der Waals surface area contributed by atoms with Gasteiger partial charge >= 0.3 is 5.97 Å². The summed E-state index contributed by atoms with van der Waals surface area (Å²) in [5.41, 5.74) is 7.68. The largest absolute Gasteiger partial charge is 0.477 e. The van der Waals surface area contributed by atoms with Crippen LogP contribution < -0.4 is 11.1 Å². The van der Waals surface area contributed by atoms with Crippen molar-refractivity contribution in [2.75, 3.05) is 17.2 Å². The minimum Gasteiger partial charge on any atom is -0.477 e. The predicted molar refractivity (Wildman–Crippen MR) is 125 cm³/mol. The van der Waals surface area contributed by atoms with Gasteiger partial charge in [-0.05, 0) is 31.1 Å². The van der Waals surface area contributed by atoms with Gasteiger partial charge in [-0.15, -0.1) is 16.9 Å². The van der Waals surface area contributed by atoms with Crippen molar-refractivity contribution in [1.29, 1.82) is 0 Å². The lowest BCUT2D eigenvalue weighted by Crippen LogP contribution is -2.70. The number of rotatable bonds is 8. The van der Waals surface area contributed by atoms with Crippen LogP contribution in [0.25, 0.3) is 0 Å². The van der Waals surface area contributed by atoms with Gasteiger partial charge in [0.15, 0.2) is 0 Å². The summed E-state index contributed by atoms with van der Waals surface area (Å²) in [6, 6.07) is 6.45. The van der Waals surface area contributed by atoms with Crippen LogP contribution >= 0.6 is 23.5 Å². The number of aromatic nitrogens is 3. The molecule has 2 aliphatic heterocycles. The van der Waals surface area contributed by atoms with Crippen LogP contribution in [0.3, 0.4) is 0 Å². The fraction of sp³-hybridized carbons (Fsp3) is 0.381. The smallest absolute Gasteiger partial charge is 0.352 e. The molecule has 2 aliphatic rings. The topological polar surface area (TPSA) is 143 Å². The van der Waals surface area contributed by atoms with Crippen molar-refractivity contribution < 1.29 is 19.5 Å². The number of para-hydroxylation sites is 1. The van der Waals surface area contributed by atoms with Crippen molar-refractivity contribution in [3.8, 4) is 0 Å². The maximum Gasteiger partial charge on any atom is 0.352 e. The number of hydrogen-bond donors (Lipinski definition) is 3. The van der Waals surface area contributed by atoms with Crippen LogP contribution in [0.1, 0.15) is 25.5 Å². The first-order chi connectivity index (χ1) is 15.8. The van der Waals surface area contributed by atoms with Gasteiger partial charge in [0.2, 0.25) is 11.1 Å². The lowest BCUT2D eigenvalue weighted by molar-refractivity contribution is -0.150. The first-order valence-electron chi connectivity index (χ1n) is 10.3. The number of carbonyl (C=O) groups excluding carboxylic acids is 2. The van der Waals surface area contributed by atoms with Gasteiger partial charge in [-0.3, -0.25) is 14.5 Å². The molecule has 0 aliphatic carbocycles. The second-order valence-electron chi connectivity index (χ2n) is 7.98. The van der Waals surface area contributed by atoms with Gasteiger partial charge in [0.05, 0.1) is 6.42 Å². The third-order valence-electron chi connectivity index (χ3n) is 5.36. The SMILES string of the molecule is CC(C)n1cnc(SCC2=C(C(=O)O)N3C(=O)C(NC(=O)Cc4ccccc4N)[C@H]3SC2)n1. The summed E-state index contributed by atoms with van der Waals surface area (Å²) in [7, 11) is 0. The number of thioether (sulfide) groups is 2. The number of hydrogen-bond acceptors (Lipinski definition) is 8. The number of nitrogens with zero attached hydrogens (tertiary/aromatic N) is 4. The molecule has 0 radical (unpaired) electrons. The predicted octanol–water partition coefficient (Wildman–Crippen LogP) is 1.51. The van der Waals surface area contributed by atoms with Crippen LogP contribution in [0.5, 0.6) is 0 Å². The van der Waals surface area contributed by atoms with Crippen LogP contribution in [-0.4, -0.2) is 65.5 Å². The van der Waals surface area contributed by atoms with Gasteiger partial charge in [-0.1, -0.05) is 30.0 Å². The molecule has 1 aromatic heterocycles. The molecule has 2 atom stereocenters. The van der Waals surface area contributed by atoms with Crippen molar-refractivity contribution >= 4 is 47.0 Å². The van der Waals surface area contributed by atoms with Gasteiger partial charge in [0, 0.05) is 23.2 Å². The lowest BCUT2D eigenvalue weighted by atomic mass is 10.0. The highest BCUT2D eigenvalue weighted by Gasteiger charge is 2.54. The van der Waals surface area contributed by atoms with E-state index >= 15 is 0 Å². The molecule has 10 nitrogen and oxygen atoms in total. The number of benzene rings is 1. The molecule has 1 saturated heterocycles. The molecule has 1 aromatic carbocycles. The average Bonchev–Trinajstić information content (AvgIpc) is 3.26. The van der Waals surface area contributed by atoms with Crippen LogP contribution in [0.15, 0.2) is 47.0 Å². The molecule has 1 unspecified atom stereocenters. The minimum atomic E-state index is -1.16. The fourth-order valence-corrected chi connectivity index (χ4v) is 5.90. The standard InChI is InChI=1S/C21H24N6O4S2/c1-11(2)26-10-23-21(25-26)33-9-13-8-32-19-16(18(29)27(19)17(13)20(30)31)24-15(28)7-12-5-3-4-6-14(12)22/h3-6,10-11,16,19H,7-9,22H2,1-2H3,(H,24,28)(H,30,31)/t16?,19-/m1/s1. The van der Waals surface area contributed by atoms with Gasteiger partial charge in [-0.25, -0.2) is 14.5 Å². The quantitative estimate of drug-likeness (QED) is 0.286. The molecule has 0 spiro atoms. The van der Waals surface area contributed by atoms with E-state index in [4.69, 9.17) is 5.73 Å². The Labute approximate surface area is 199 Å². The number of fused-ring (bicyclic) bond motifs is 1. The summed E-state index contributed by atoms with van der Waals surface area (Å²) in [5.74, 6) is -1.13. The molecule has 33 heavy (non-hydrogen) atoms. The Morgan fingerprint density at radius 2 is 2.12 bits per heavy atom. The molecule has 1 fully saturated rings. The van der Waals surface area contributed by atoms with Crippen molar-refractivity contribution in [3.63, 3.8) is 0 Å². The monoisotopic (exact) mass is 488 g/mol. The average molecular weight is 489 g/mol. The summed E-state index contributed by atoms with van der Waals surface area (Å²) < 4.78 is 1.73.